The van der Waals surface area contributed by atoms with Crippen molar-refractivity contribution in [3.8, 4) is 0 Å². The average Bonchev–Trinajstić information content (AvgIpc) is 2.65. The van der Waals surface area contributed by atoms with Gasteiger partial charge in [0.15, 0.2) is 11.6 Å². The van der Waals surface area contributed by atoms with Gasteiger partial charge in [0.2, 0.25) is 5.91 Å². The molecule has 0 spiro atoms. The van der Waals surface area contributed by atoms with E-state index in [1.165, 1.54) is 21.1 Å². The topological polar surface area (TPSA) is 83.1 Å². The van der Waals surface area contributed by atoms with Crippen molar-refractivity contribution in [1.29, 1.82) is 0 Å². The summed E-state index contributed by atoms with van der Waals surface area (Å²) < 4.78 is 33.2. The van der Waals surface area contributed by atoms with Gasteiger partial charge in [-0.05, 0) is 13.8 Å². The number of carbonyl (C=O) groups is 1. The van der Waals surface area contributed by atoms with Gasteiger partial charge in [0.25, 0.3) is 0 Å². The highest BCUT2D eigenvalue weighted by molar-refractivity contribution is 7.54. The van der Waals surface area contributed by atoms with E-state index in [4.69, 9.17) is 18.5 Å². The van der Waals surface area contributed by atoms with Crippen LogP contribution in [-0.4, -0.2) is 44.4 Å². The highest BCUT2D eigenvalue weighted by Crippen LogP contribution is 2.53. The zero-order valence-electron chi connectivity index (χ0n) is 11.3. The fourth-order valence-electron chi connectivity index (χ4n) is 1.76. The molecule has 1 aliphatic heterocycles. The zero-order valence-corrected chi connectivity index (χ0v) is 12.2. The molecule has 8 heteroatoms. The summed E-state index contributed by atoms with van der Waals surface area (Å²) in [5.41, 5.74) is 0. The molecule has 0 aliphatic carbocycles. The Labute approximate surface area is 107 Å². The molecule has 1 N–H and O–H groups in total. The van der Waals surface area contributed by atoms with Gasteiger partial charge in [-0.3, -0.25) is 9.36 Å². The third-order valence-electron chi connectivity index (χ3n) is 2.58. The Morgan fingerprint density at radius 2 is 2.00 bits per heavy atom. The second-order valence-corrected chi connectivity index (χ2v) is 6.78. The molecule has 106 valence electrons. The summed E-state index contributed by atoms with van der Waals surface area (Å²) >= 11 is 0. The van der Waals surface area contributed by atoms with Crippen LogP contribution in [0.1, 0.15) is 20.8 Å². The molecule has 1 fully saturated rings. The molecule has 2 atom stereocenters. The van der Waals surface area contributed by atoms with E-state index in [1.807, 2.05) is 0 Å². The molecule has 0 radical (unpaired) electrons. The Kier molecular flexibility index (Phi) is 4.91. The molecular weight excluding hydrogens is 261 g/mol. The Morgan fingerprint density at radius 1 is 1.44 bits per heavy atom. The van der Waals surface area contributed by atoms with E-state index in [2.05, 4.69) is 5.32 Å². The normalized spacial score (nSPS) is 24.8. The minimum absolute atomic E-state index is 0.203. The van der Waals surface area contributed by atoms with Crippen molar-refractivity contribution < 1.29 is 27.9 Å². The van der Waals surface area contributed by atoms with Crippen molar-refractivity contribution in [2.24, 2.45) is 0 Å². The van der Waals surface area contributed by atoms with E-state index in [0.29, 0.717) is 0 Å². The van der Waals surface area contributed by atoms with Gasteiger partial charge in [-0.1, -0.05) is 0 Å². The fourth-order valence-corrected chi connectivity index (χ4v) is 3.25. The molecule has 0 saturated carbocycles. The lowest BCUT2D eigenvalue weighted by atomic mass is 10.3. The van der Waals surface area contributed by atoms with Crippen LogP contribution in [-0.2, 0) is 27.9 Å². The van der Waals surface area contributed by atoms with Gasteiger partial charge in [-0.2, -0.15) is 0 Å². The highest BCUT2D eigenvalue weighted by atomic mass is 31.2. The summed E-state index contributed by atoms with van der Waals surface area (Å²) in [5.74, 6) is -2.03. The Bertz CT molecular complexity index is 350. The predicted molar refractivity (Wildman–Crippen MR) is 64.1 cm³/mol. The van der Waals surface area contributed by atoms with Crippen molar-refractivity contribution in [3.05, 3.63) is 0 Å². The first kappa shape index (κ1) is 15.6. The standard InChI is InChI=1S/C10H20NO6P/c1-7(12)11-9(18(13,14-4)15-5)8-6-16-10(2,3)17-8/h8-9H,6H2,1-5H3,(H,11,12)/t8?,9-/m1/s1. The number of ether oxygens (including phenoxy) is 2. The van der Waals surface area contributed by atoms with Crippen molar-refractivity contribution in [1.82, 2.24) is 5.32 Å². The Balaban J connectivity index is 2.92. The first-order valence-corrected chi connectivity index (χ1v) is 7.15. The Morgan fingerprint density at radius 3 is 2.33 bits per heavy atom. The number of rotatable bonds is 5. The van der Waals surface area contributed by atoms with E-state index < -0.39 is 25.3 Å². The molecule has 1 heterocycles. The van der Waals surface area contributed by atoms with Gasteiger partial charge in [-0.15, -0.1) is 0 Å². The minimum atomic E-state index is -3.49. The summed E-state index contributed by atoms with van der Waals surface area (Å²) in [6, 6.07) is 0. The van der Waals surface area contributed by atoms with Gasteiger partial charge in [0, 0.05) is 21.1 Å². The van der Waals surface area contributed by atoms with Gasteiger partial charge in [-0.25, -0.2) is 0 Å². The SMILES string of the molecule is COP(=O)(OC)[C@@H](NC(C)=O)C1COC(C)(C)O1. The van der Waals surface area contributed by atoms with E-state index in [-0.39, 0.29) is 12.5 Å². The van der Waals surface area contributed by atoms with Crippen molar-refractivity contribution in [2.45, 2.75) is 38.4 Å². The van der Waals surface area contributed by atoms with Crippen molar-refractivity contribution >= 4 is 13.5 Å². The van der Waals surface area contributed by atoms with Crippen LogP contribution < -0.4 is 5.32 Å². The lowest BCUT2D eigenvalue weighted by Gasteiger charge is -2.29. The van der Waals surface area contributed by atoms with Crippen LogP contribution in [0.5, 0.6) is 0 Å². The Hall–Kier alpha value is -0.460. The number of amides is 1. The second kappa shape index (κ2) is 5.67. The first-order chi connectivity index (χ1) is 8.24. The monoisotopic (exact) mass is 281 g/mol. The van der Waals surface area contributed by atoms with Gasteiger partial charge in [0.05, 0.1) is 6.61 Å². The molecule has 0 aromatic heterocycles. The van der Waals surface area contributed by atoms with Crippen LogP contribution in [0.15, 0.2) is 0 Å². The molecule has 0 aromatic rings. The summed E-state index contributed by atoms with van der Waals surface area (Å²) in [6.45, 7) is 5.00. The van der Waals surface area contributed by atoms with Crippen molar-refractivity contribution in [2.75, 3.05) is 20.8 Å². The smallest absolute Gasteiger partial charge is 0.348 e. The van der Waals surface area contributed by atoms with E-state index >= 15 is 0 Å². The van der Waals surface area contributed by atoms with Crippen molar-refractivity contribution in [3.63, 3.8) is 0 Å². The molecule has 1 unspecified atom stereocenters. The maximum absolute atomic E-state index is 12.4. The molecule has 1 aliphatic rings. The largest absolute Gasteiger partial charge is 0.355 e. The lowest BCUT2D eigenvalue weighted by molar-refractivity contribution is -0.141. The quantitative estimate of drug-likeness (QED) is 0.759. The molecule has 1 rings (SSSR count). The van der Waals surface area contributed by atoms with E-state index in [1.54, 1.807) is 13.8 Å². The van der Waals surface area contributed by atoms with Crippen LogP contribution in [0.4, 0.5) is 0 Å². The number of hydrogen-bond donors (Lipinski definition) is 1. The van der Waals surface area contributed by atoms with Crippen LogP contribution >= 0.6 is 7.60 Å². The predicted octanol–water partition coefficient (Wildman–Crippen LogP) is 1.09. The van der Waals surface area contributed by atoms with E-state index in [0.717, 1.165) is 0 Å². The summed E-state index contributed by atoms with van der Waals surface area (Å²) in [6.07, 6.45) is -0.588. The van der Waals surface area contributed by atoms with Crippen LogP contribution in [0.2, 0.25) is 0 Å². The van der Waals surface area contributed by atoms with Gasteiger partial charge in [0.1, 0.15) is 6.10 Å². The van der Waals surface area contributed by atoms with Gasteiger partial charge >= 0.3 is 7.60 Å². The fraction of sp³-hybridized carbons (Fsp3) is 0.900. The molecule has 1 amide bonds. The summed E-state index contributed by atoms with van der Waals surface area (Å²) in [4.78, 5) is 11.2. The highest BCUT2D eigenvalue weighted by Gasteiger charge is 2.47. The first-order valence-electron chi connectivity index (χ1n) is 5.54. The zero-order chi connectivity index (χ0) is 14.0. The number of nitrogens with one attached hydrogen (secondary N) is 1. The third-order valence-corrected chi connectivity index (χ3v) is 4.74. The molecule has 18 heavy (non-hydrogen) atoms. The lowest BCUT2D eigenvalue weighted by Crippen LogP contribution is -2.44. The second-order valence-electron chi connectivity index (χ2n) is 4.42. The van der Waals surface area contributed by atoms with E-state index in [9.17, 15) is 9.36 Å². The average molecular weight is 281 g/mol. The molecule has 7 nitrogen and oxygen atoms in total. The third kappa shape index (κ3) is 3.52. The molecule has 0 aromatic carbocycles. The molecule has 1 saturated heterocycles. The number of hydrogen-bond acceptors (Lipinski definition) is 6. The van der Waals surface area contributed by atoms with Crippen LogP contribution in [0.25, 0.3) is 0 Å². The van der Waals surface area contributed by atoms with Crippen LogP contribution in [0, 0.1) is 0 Å². The maximum Gasteiger partial charge on any atom is 0.355 e. The summed E-state index contributed by atoms with van der Waals surface area (Å²) in [7, 11) is -0.960. The maximum atomic E-state index is 12.4. The van der Waals surface area contributed by atoms with Gasteiger partial charge < -0.3 is 23.8 Å². The minimum Gasteiger partial charge on any atom is -0.348 e. The summed E-state index contributed by atoms with van der Waals surface area (Å²) in [5, 5.41) is 2.54. The van der Waals surface area contributed by atoms with Crippen LogP contribution in [0.3, 0.4) is 0 Å². The molecular formula is C10H20NO6P. The molecule has 0 bridgehead atoms. The number of carbonyl (C=O) groups excluding carboxylic acids is 1.